The molecule has 0 spiro atoms. The Kier molecular flexibility index (Phi) is 2.51. The first-order valence-electron chi connectivity index (χ1n) is 3.19. The van der Waals surface area contributed by atoms with E-state index in [0.29, 0.717) is 12.1 Å². The van der Waals surface area contributed by atoms with Crippen molar-refractivity contribution >= 4 is 0 Å². The van der Waals surface area contributed by atoms with E-state index in [2.05, 4.69) is 0 Å². The summed E-state index contributed by atoms with van der Waals surface area (Å²) in [5, 5.41) is 0. The van der Waals surface area contributed by atoms with Crippen LogP contribution in [0, 0.1) is 11.6 Å². The Morgan fingerprint density at radius 2 is 1.77 bits per heavy atom. The molecule has 1 N–H and O–H groups in total. The van der Waals surface area contributed by atoms with Gasteiger partial charge in [0.15, 0.2) is 11.6 Å². The van der Waals surface area contributed by atoms with Crippen LogP contribution in [0.3, 0.4) is 0 Å². The summed E-state index contributed by atoms with van der Waals surface area (Å²) in [4.78, 5) is 0. The van der Waals surface area contributed by atoms with Crippen LogP contribution >= 0.6 is 0 Å². The molecule has 1 rings (SSSR count). The summed E-state index contributed by atoms with van der Waals surface area (Å²) in [6.45, 7) is 0. The van der Waals surface area contributed by atoms with Crippen LogP contribution in [-0.4, -0.2) is 0 Å². The molecule has 0 unspecified atom stereocenters. The summed E-state index contributed by atoms with van der Waals surface area (Å²) < 4.78 is 61.4. The van der Waals surface area contributed by atoms with Gasteiger partial charge in [0, 0.05) is 0 Å². The van der Waals surface area contributed by atoms with Crippen molar-refractivity contribution in [3.8, 4) is 0 Å². The topological polar surface area (TPSA) is 12.0 Å². The van der Waals surface area contributed by atoms with Gasteiger partial charge in [0.05, 0.1) is 5.56 Å². The number of rotatable bonds is 2. The minimum absolute atomic E-state index is 0.0856. The number of benzene rings is 1. The standard InChI is InChI=1S/C7H4F5N/c8-5-3-1-2-4(6(5)9)7(10,11)13-12/h1-3,13H. The summed E-state index contributed by atoms with van der Waals surface area (Å²) in [7, 11) is 0. The molecule has 0 aliphatic rings. The second-order valence-electron chi connectivity index (χ2n) is 2.27. The number of hydrogen-bond donors (Lipinski definition) is 1. The second kappa shape index (κ2) is 3.29. The summed E-state index contributed by atoms with van der Waals surface area (Å²) >= 11 is 0. The molecule has 0 saturated carbocycles. The number of alkyl halides is 2. The molecule has 1 aromatic rings. The van der Waals surface area contributed by atoms with Crippen molar-refractivity contribution in [3.05, 3.63) is 35.4 Å². The van der Waals surface area contributed by atoms with Crippen molar-refractivity contribution in [3.63, 3.8) is 0 Å². The third kappa shape index (κ3) is 1.77. The molecule has 0 fully saturated rings. The minimum Gasteiger partial charge on any atom is -0.204 e. The van der Waals surface area contributed by atoms with Crippen LogP contribution in [0.15, 0.2) is 18.2 Å². The van der Waals surface area contributed by atoms with E-state index in [1.807, 2.05) is 0 Å². The van der Waals surface area contributed by atoms with E-state index in [1.165, 1.54) is 0 Å². The van der Waals surface area contributed by atoms with Crippen molar-refractivity contribution < 1.29 is 22.0 Å². The fourth-order valence-corrected chi connectivity index (χ4v) is 0.797. The highest BCUT2D eigenvalue weighted by molar-refractivity contribution is 5.22. The maximum absolute atomic E-state index is 12.6. The van der Waals surface area contributed by atoms with Crippen LogP contribution in [0.25, 0.3) is 0 Å². The maximum atomic E-state index is 12.6. The van der Waals surface area contributed by atoms with Gasteiger partial charge >= 0.3 is 6.05 Å². The Balaban J connectivity index is 3.22. The third-order valence-electron chi connectivity index (χ3n) is 1.41. The van der Waals surface area contributed by atoms with Crippen LogP contribution in [-0.2, 0) is 6.05 Å². The monoisotopic (exact) mass is 197 g/mol. The van der Waals surface area contributed by atoms with Crippen LogP contribution in [0.2, 0.25) is 0 Å². The van der Waals surface area contributed by atoms with Crippen molar-refractivity contribution in [2.45, 2.75) is 6.05 Å². The lowest BCUT2D eigenvalue weighted by Crippen LogP contribution is -2.28. The van der Waals surface area contributed by atoms with Crippen molar-refractivity contribution in [1.29, 1.82) is 0 Å². The van der Waals surface area contributed by atoms with Gasteiger partial charge in [-0.25, -0.2) is 8.78 Å². The van der Waals surface area contributed by atoms with Gasteiger partial charge in [0.25, 0.3) is 0 Å². The average molecular weight is 197 g/mol. The van der Waals surface area contributed by atoms with Crippen molar-refractivity contribution in [2.75, 3.05) is 0 Å². The molecule has 0 atom stereocenters. The van der Waals surface area contributed by atoms with Crippen LogP contribution in [0.5, 0.6) is 0 Å². The Labute approximate surface area is 70.1 Å². The van der Waals surface area contributed by atoms with Crippen LogP contribution in [0.1, 0.15) is 5.56 Å². The lowest BCUT2D eigenvalue weighted by Gasteiger charge is -2.13. The maximum Gasteiger partial charge on any atom is 0.357 e. The van der Waals surface area contributed by atoms with E-state index >= 15 is 0 Å². The molecular formula is C7H4F5N. The van der Waals surface area contributed by atoms with Gasteiger partial charge in [-0.05, 0) is 12.1 Å². The number of hydrogen-bond acceptors (Lipinski definition) is 1. The molecule has 0 radical (unpaired) electrons. The van der Waals surface area contributed by atoms with Gasteiger partial charge in [-0.3, -0.25) is 0 Å². The minimum atomic E-state index is -4.22. The van der Waals surface area contributed by atoms with E-state index in [-0.39, 0.29) is 5.54 Å². The highest BCUT2D eigenvalue weighted by atomic mass is 19.3. The molecule has 0 heterocycles. The van der Waals surface area contributed by atoms with E-state index in [4.69, 9.17) is 0 Å². The zero-order chi connectivity index (χ0) is 10.1. The molecular weight excluding hydrogens is 193 g/mol. The lowest BCUT2D eigenvalue weighted by molar-refractivity contribution is -0.0969. The third-order valence-corrected chi connectivity index (χ3v) is 1.41. The van der Waals surface area contributed by atoms with Gasteiger partial charge in [-0.1, -0.05) is 11.6 Å². The molecule has 1 aromatic carbocycles. The van der Waals surface area contributed by atoms with Gasteiger partial charge in [0.1, 0.15) is 0 Å². The Morgan fingerprint density at radius 1 is 1.15 bits per heavy atom. The Hall–Kier alpha value is -1.17. The van der Waals surface area contributed by atoms with Crippen LogP contribution in [0.4, 0.5) is 22.0 Å². The first kappa shape index (κ1) is 9.91. The molecule has 1 nitrogen and oxygen atoms in total. The predicted octanol–water partition coefficient (Wildman–Crippen LogP) is 2.49. The Morgan fingerprint density at radius 3 is 2.31 bits per heavy atom. The molecule has 0 amide bonds. The van der Waals surface area contributed by atoms with E-state index < -0.39 is 23.2 Å². The molecule has 0 aromatic heterocycles. The lowest BCUT2D eigenvalue weighted by atomic mass is 10.2. The van der Waals surface area contributed by atoms with Crippen molar-refractivity contribution in [1.82, 2.24) is 5.54 Å². The average Bonchev–Trinajstić information content (AvgIpc) is 2.09. The summed E-state index contributed by atoms with van der Waals surface area (Å²) in [5.74, 6) is -3.22. The Bertz CT molecular complexity index is 312. The van der Waals surface area contributed by atoms with E-state index in [9.17, 15) is 22.0 Å². The zero-order valence-corrected chi connectivity index (χ0v) is 6.12. The normalized spacial score (nSPS) is 11.8. The number of nitrogens with one attached hydrogen (secondary N) is 1. The summed E-state index contributed by atoms with van der Waals surface area (Å²) in [6, 6.07) is -2.11. The second-order valence-corrected chi connectivity index (χ2v) is 2.27. The van der Waals surface area contributed by atoms with Gasteiger partial charge in [-0.15, -0.1) is 4.48 Å². The van der Waals surface area contributed by atoms with E-state index in [1.54, 1.807) is 0 Å². The quantitative estimate of drug-likeness (QED) is 0.436. The van der Waals surface area contributed by atoms with Crippen molar-refractivity contribution in [2.24, 2.45) is 0 Å². The smallest absolute Gasteiger partial charge is 0.204 e. The number of halogens is 5. The molecule has 0 saturated heterocycles. The molecule has 0 aliphatic carbocycles. The largest absolute Gasteiger partial charge is 0.357 e. The van der Waals surface area contributed by atoms with Gasteiger partial charge in [-0.2, -0.15) is 8.78 Å². The first-order valence-corrected chi connectivity index (χ1v) is 3.19. The highest BCUT2D eigenvalue weighted by Gasteiger charge is 2.35. The summed E-state index contributed by atoms with van der Waals surface area (Å²) in [5.41, 5.74) is -1.28. The van der Waals surface area contributed by atoms with Crippen LogP contribution < -0.4 is 5.54 Å². The molecule has 72 valence electrons. The molecule has 13 heavy (non-hydrogen) atoms. The highest BCUT2D eigenvalue weighted by Crippen LogP contribution is 2.28. The van der Waals surface area contributed by atoms with Gasteiger partial charge < -0.3 is 0 Å². The zero-order valence-electron chi connectivity index (χ0n) is 6.12. The predicted molar refractivity (Wildman–Crippen MR) is 34.5 cm³/mol. The molecule has 0 aliphatic heterocycles. The SMILES string of the molecule is FNC(F)(F)c1cccc(F)c1F. The molecule has 0 bridgehead atoms. The fourth-order valence-electron chi connectivity index (χ4n) is 0.797. The fraction of sp³-hybridized carbons (Fsp3) is 0.143. The first-order chi connectivity index (χ1) is 5.99. The van der Waals surface area contributed by atoms with E-state index in [0.717, 1.165) is 6.07 Å². The molecule has 6 heteroatoms. The van der Waals surface area contributed by atoms with Gasteiger partial charge in [0.2, 0.25) is 0 Å². The summed E-state index contributed by atoms with van der Waals surface area (Å²) in [6.07, 6.45) is 0.